The van der Waals surface area contributed by atoms with Crippen molar-refractivity contribution in [1.29, 1.82) is 0 Å². The number of primary amides is 1. The van der Waals surface area contributed by atoms with Crippen molar-refractivity contribution in [3.63, 3.8) is 0 Å². The zero-order chi connectivity index (χ0) is 24.5. The normalized spacial score (nSPS) is 15.0. The number of nitrogens with zero attached hydrogens (tertiary/aromatic N) is 1. The third-order valence-electron chi connectivity index (χ3n) is 5.92. The number of aromatic amines is 1. The number of carbonyl (C=O) groups excluding carboxylic acids is 2. The number of hydrogen-bond acceptors (Lipinski definition) is 4. The summed E-state index contributed by atoms with van der Waals surface area (Å²) in [4.78, 5) is 29.6. The van der Waals surface area contributed by atoms with Gasteiger partial charge in [-0.2, -0.15) is 0 Å². The quantitative estimate of drug-likeness (QED) is 0.336. The van der Waals surface area contributed by atoms with Crippen LogP contribution in [0.4, 0.5) is 4.79 Å². The number of carbonyl (C=O) groups is 2. The van der Waals surface area contributed by atoms with Crippen LogP contribution in [0, 0.1) is 0 Å². The Morgan fingerprint density at radius 1 is 1.06 bits per heavy atom. The molecule has 1 aliphatic heterocycles. The SMILES string of the molecule is NC(=O)COc1ccc(C2c3[nH]c4ccc(Cl)cc4c3CCN2C(=O)Oc2ccc(Br)cc2)cc1. The maximum atomic E-state index is 13.3. The van der Waals surface area contributed by atoms with Gasteiger partial charge in [0.15, 0.2) is 6.61 Å². The lowest BCUT2D eigenvalue weighted by molar-refractivity contribution is -0.119. The van der Waals surface area contributed by atoms with E-state index in [0.29, 0.717) is 29.5 Å². The summed E-state index contributed by atoms with van der Waals surface area (Å²) in [5, 5.41) is 1.70. The third kappa shape index (κ3) is 4.85. The van der Waals surface area contributed by atoms with Gasteiger partial charge in [0.05, 0.1) is 0 Å². The number of fused-ring (bicyclic) bond motifs is 3. The number of aromatic nitrogens is 1. The molecule has 1 atom stereocenters. The molecule has 1 unspecified atom stereocenters. The Hall–Kier alpha value is -3.49. The number of rotatable bonds is 5. The smallest absolute Gasteiger partial charge is 0.416 e. The van der Waals surface area contributed by atoms with E-state index in [4.69, 9.17) is 26.8 Å². The molecular formula is C26H21BrClN3O4. The standard InChI is InChI=1S/C26H21BrClN3O4/c27-16-3-8-19(9-4-16)35-26(33)31-12-11-20-21-13-17(28)5-10-22(21)30-24(20)25(31)15-1-6-18(7-2-15)34-14-23(29)32/h1-10,13,25,30H,11-12,14H2,(H2,29,32). The number of hydrogen-bond donors (Lipinski definition) is 2. The van der Waals surface area contributed by atoms with Crippen molar-refractivity contribution in [1.82, 2.24) is 9.88 Å². The van der Waals surface area contributed by atoms with Crippen LogP contribution in [0.2, 0.25) is 5.02 Å². The van der Waals surface area contributed by atoms with Gasteiger partial charge in [-0.15, -0.1) is 0 Å². The molecular weight excluding hydrogens is 534 g/mol. The maximum Gasteiger partial charge on any atom is 0.416 e. The molecule has 7 nitrogen and oxygen atoms in total. The minimum Gasteiger partial charge on any atom is -0.484 e. The molecule has 3 aromatic carbocycles. The largest absolute Gasteiger partial charge is 0.484 e. The van der Waals surface area contributed by atoms with Gasteiger partial charge in [0.25, 0.3) is 5.91 Å². The van der Waals surface area contributed by atoms with Crippen LogP contribution in [0.3, 0.4) is 0 Å². The van der Waals surface area contributed by atoms with Crippen molar-refractivity contribution >= 4 is 50.4 Å². The van der Waals surface area contributed by atoms with E-state index in [1.165, 1.54) is 0 Å². The molecule has 0 spiro atoms. The number of benzene rings is 3. The number of nitrogens with one attached hydrogen (secondary N) is 1. The molecule has 1 aliphatic rings. The molecule has 1 aromatic heterocycles. The summed E-state index contributed by atoms with van der Waals surface area (Å²) < 4.78 is 12.0. The summed E-state index contributed by atoms with van der Waals surface area (Å²) >= 11 is 9.67. The first kappa shape index (κ1) is 23.3. The van der Waals surface area contributed by atoms with Crippen LogP contribution in [0.1, 0.15) is 22.9 Å². The summed E-state index contributed by atoms with van der Waals surface area (Å²) in [6.45, 7) is 0.258. The number of amides is 2. The van der Waals surface area contributed by atoms with Crippen LogP contribution >= 0.6 is 27.5 Å². The topological polar surface area (TPSA) is 97.7 Å². The Kier molecular flexibility index (Phi) is 6.40. The fourth-order valence-corrected chi connectivity index (χ4v) is 4.80. The van der Waals surface area contributed by atoms with E-state index < -0.39 is 18.0 Å². The molecule has 2 heterocycles. The van der Waals surface area contributed by atoms with Crippen molar-refractivity contribution in [3.05, 3.63) is 93.0 Å². The molecule has 0 saturated carbocycles. The van der Waals surface area contributed by atoms with E-state index in [-0.39, 0.29) is 6.61 Å². The lowest BCUT2D eigenvalue weighted by Gasteiger charge is -2.35. The summed E-state index contributed by atoms with van der Waals surface area (Å²) in [5.41, 5.74) is 9.02. The van der Waals surface area contributed by atoms with E-state index in [9.17, 15) is 9.59 Å². The monoisotopic (exact) mass is 553 g/mol. The predicted molar refractivity (Wildman–Crippen MR) is 137 cm³/mol. The maximum absolute atomic E-state index is 13.3. The van der Waals surface area contributed by atoms with Gasteiger partial charge in [-0.25, -0.2) is 4.79 Å². The van der Waals surface area contributed by atoms with Crippen LogP contribution in [0.5, 0.6) is 11.5 Å². The molecule has 3 N–H and O–H groups in total. The van der Waals surface area contributed by atoms with Gasteiger partial charge in [-0.3, -0.25) is 9.69 Å². The second kappa shape index (κ2) is 9.64. The Morgan fingerprint density at radius 3 is 2.49 bits per heavy atom. The van der Waals surface area contributed by atoms with Crippen molar-refractivity contribution in [2.24, 2.45) is 5.73 Å². The Balaban J connectivity index is 1.52. The van der Waals surface area contributed by atoms with Crippen LogP contribution < -0.4 is 15.2 Å². The molecule has 0 saturated heterocycles. The minimum atomic E-state index is -0.551. The van der Waals surface area contributed by atoms with Gasteiger partial charge < -0.3 is 20.2 Å². The highest BCUT2D eigenvalue weighted by Gasteiger charge is 2.35. The van der Waals surface area contributed by atoms with Crippen LogP contribution in [-0.4, -0.2) is 35.0 Å². The molecule has 9 heteroatoms. The van der Waals surface area contributed by atoms with Gasteiger partial charge in [0.1, 0.15) is 17.5 Å². The number of halogens is 2. The molecule has 0 bridgehead atoms. The van der Waals surface area contributed by atoms with E-state index >= 15 is 0 Å². The lowest BCUT2D eigenvalue weighted by Crippen LogP contribution is -2.42. The van der Waals surface area contributed by atoms with Gasteiger partial charge in [-0.1, -0.05) is 39.7 Å². The fourth-order valence-electron chi connectivity index (χ4n) is 4.37. The molecule has 5 rings (SSSR count). The van der Waals surface area contributed by atoms with Crippen LogP contribution in [0.25, 0.3) is 10.9 Å². The Bertz CT molecular complexity index is 1400. The first-order valence-corrected chi connectivity index (χ1v) is 12.1. The number of H-pyrrole nitrogens is 1. The average molecular weight is 555 g/mol. The van der Waals surface area contributed by atoms with Gasteiger partial charge in [-0.05, 0) is 72.1 Å². The fraction of sp³-hybridized carbons (Fsp3) is 0.154. The third-order valence-corrected chi connectivity index (χ3v) is 6.68. The molecule has 4 aromatic rings. The van der Waals surface area contributed by atoms with Gasteiger partial charge in [0.2, 0.25) is 0 Å². The summed E-state index contributed by atoms with van der Waals surface area (Å²) in [5.74, 6) is 0.418. The van der Waals surface area contributed by atoms with E-state index in [1.807, 2.05) is 42.5 Å². The van der Waals surface area contributed by atoms with E-state index in [2.05, 4.69) is 20.9 Å². The second-order valence-electron chi connectivity index (χ2n) is 8.20. The van der Waals surface area contributed by atoms with Crippen LogP contribution in [0.15, 0.2) is 71.2 Å². The second-order valence-corrected chi connectivity index (χ2v) is 9.55. The Labute approximate surface area is 214 Å². The number of nitrogens with two attached hydrogens (primary N) is 1. The van der Waals surface area contributed by atoms with Gasteiger partial charge in [0, 0.05) is 32.6 Å². The molecule has 0 fully saturated rings. The first-order chi connectivity index (χ1) is 16.9. The average Bonchev–Trinajstić information content (AvgIpc) is 3.21. The molecule has 35 heavy (non-hydrogen) atoms. The molecule has 0 aliphatic carbocycles. The van der Waals surface area contributed by atoms with Gasteiger partial charge >= 0.3 is 6.09 Å². The zero-order valence-corrected chi connectivity index (χ0v) is 20.8. The molecule has 178 valence electrons. The highest BCUT2D eigenvalue weighted by molar-refractivity contribution is 9.10. The van der Waals surface area contributed by atoms with E-state index in [0.717, 1.165) is 32.2 Å². The van der Waals surface area contributed by atoms with E-state index in [1.54, 1.807) is 29.2 Å². The highest BCUT2D eigenvalue weighted by Crippen LogP contribution is 2.40. The van der Waals surface area contributed by atoms with Crippen LogP contribution in [-0.2, 0) is 11.2 Å². The molecule has 2 amide bonds. The summed E-state index contributed by atoms with van der Waals surface area (Å²) in [6.07, 6.45) is 0.204. The first-order valence-electron chi connectivity index (χ1n) is 10.9. The zero-order valence-electron chi connectivity index (χ0n) is 18.5. The highest BCUT2D eigenvalue weighted by atomic mass is 79.9. The van der Waals surface area contributed by atoms with Crippen molar-refractivity contribution < 1.29 is 19.1 Å². The van der Waals surface area contributed by atoms with Crippen molar-refractivity contribution in [2.75, 3.05) is 13.2 Å². The summed E-state index contributed by atoms with van der Waals surface area (Å²) in [7, 11) is 0. The molecule has 0 radical (unpaired) electrons. The Morgan fingerprint density at radius 2 is 1.77 bits per heavy atom. The summed E-state index contributed by atoms with van der Waals surface area (Å²) in [6, 6.07) is 19.7. The minimum absolute atomic E-state index is 0.207. The lowest BCUT2D eigenvalue weighted by atomic mass is 9.92. The number of ether oxygens (including phenoxy) is 2. The predicted octanol–water partition coefficient (Wildman–Crippen LogP) is 5.59. The van der Waals surface area contributed by atoms with Crippen molar-refractivity contribution in [3.8, 4) is 11.5 Å². The van der Waals surface area contributed by atoms with Crippen molar-refractivity contribution in [2.45, 2.75) is 12.5 Å².